The molecular formula is C8H11BrFN. The molecule has 1 nitrogen and oxygen atoms in total. The first kappa shape index (κ1) is 10.6. The maximum atomic E-state index is 12.6. The average molecular weight is 220 g/mol. The molecule has 0 saturated heterocycles. The van der Waals surface area contributed by atoms with E-state index in [9.17, 15) is 4.39 Å². The fraction of sp³-hybridized carbons (Fsp3) is 0.375. The molecule has 0 spiro atoms. The van der Waals surface area contributed by atoms with Crippen LogP contribution in [-0.4, -0.2) is 4.98 Å². The Balaban J connectivity index is 0.000000461. The van der Waals surface area contributed by atoms with Crippen molar-refractivity contribution in [2.45, 2.75) is 20.8 Å². The standard InChI is InChI=1S/C6H5BrFN.C2H6/c1-4-2-3-9-6(7)5(4)8;1-2/h2-3H,1H3;1-2H3. The average Bonchev–Trinajstić information content (AvgIpc) is 2.04. The Morgan fingerprint density at radius 1 is 1.45 bits per heavy atom. The van der Waals surface area contributed by atoms with Crippen LogP contribution >= 0.6 is 15.9 Å². The molecule has 0 unspecified atom stereocenters. The summed E-state index contributed by atoms with van der Waals surface area (Å²) in [6.45, 7) is 5.70. The van der Waals surface area contributed by atoms with Gasteiger partial charge in [0.05, 0.1) is 0 Å². The highest BCUT2D eigenvalue weighted by atomic mass is 79.9. The highest BCUT2D eigenvalue weighted by Crippen LogP contribution is 2.13. The van der Waals surface area contributed by atoms with E-state index in [1.807, 2.05) is 13.8 Å². The first-order valence-corrected chi connectivity index (χ1v) is 4.27. The minimum absolute atomic E-state index is 0.280. The molecule has 62 valence electrons. The smallest absolute Gasteiger partial charge is 0.158 e. The predicted octanol–water partition coefficient (Wildman–Crippen LogP) is 3.32. The van der Waals surface area contributed by atoms with Gasteiger partial charge in [-0.1, -0.05) is 13.8 Å². The maximum absolute atomic E-state index is 12.6. The van der Waals surface area contributed by atoms with Crippen LogP contribution in [0.5, 0.6) is 0 Å². The first-order chi connectivity index (χ1) is 5.22. The van der Waals surface area contributed by atoms with Crippen molar-refractivity contribution >= 4 is 15.9 Å². The van der Waals surface area contributed by atoms with Crippen LogP contribution in [0.3, 0.4) is 0 Å². The topological polar surface area (TPSA) is 12.9 Å². The van der Waals surface area contributed by atoms with E-state index < -0.39 is 0 Å². The zero-order chi connectivity index (χ0) is 8.85. The molecule has 1 rings (SSSR count). The van der Waals surface area contributed by atoms with Crippen LogP contribution in [0.25, 0.3) is 0 Å². The molecule has 3 heteroatoms. The SMILES string of the molecule is CC.Cc1ccnc(Br)c1F. The number of hydrogen-bond donors (Lipinski definition) is 0. The monoisotopic (exact) mass is 219 g/mol. The Kier molecular flexibility index (Phi) is 5.03. The van der Waals surface area contributed by atoms with Crippen molar-refractivity contribution in [2.75, 3.05) is 0 Å². The summed E-state index contributed by atoms with van der Waals surface area (Å²) >= 11 is 2.96. The zero-order valence-electron chi connectivity index (χ0n) is 6.86. The van der Waals surface area contributed by atoms with Crippen LogP contribution < -0.4 is 0 Å². The fourth-order valence-corrected chi connectivity index (χ4v) is 0.938. The van der Waals surface area contributed by atoms with Crippen molar-refractivity contribution in [3.8, 4) is 0 Å². The Hall–Kier alpha value is -0.440. The second-order valence-corrected chi connectivity index (χ2v) is 2.48. The summed E-state index contributed by atoms with van der Waals surface area (Å²) < 4.78 is 12.9. The molecule has 1 aromatic heterocycles. The van der Waals surface area contributed by atoms with Crippen LogP contribution in [0.2, 0.25) is 0 Å². The number of aromatic nitrogens is 1. The van der Waals surface area contributed by atoms with Crippen LogP contribution in [0.1, 0.15) is 19.4 Å². The van der Waals surface area contributed by atoms with Gasteiger partial charge >= 0.3 is 0 Å². The lowest BCUT2D eigenvalue weighted by Crippen LogP contribution is -1.85. The molecule has 0 saturated carbocycles. The Labute approximate surface area is 74.8 Å². The summed E-state index contributed by atoms with van der Waals surface area (Å²) in [5.74, 6) is -0.280. The summed E-state index contributed by atoms with van der Waals surface area (Å²) in [6, 6.07) is 1.63. The van der Waals surface area contributed by atoms with E-state index >= 15 is 0 Å². The fourth-order valence-electron chi connectivity index (χ4n) is 0.507. The zero-order valence-corrected chi connectivity index (χ0v) is 8.44. The van der Waals surface area contributed by atoms with Gasteiger partial charge in [-0.3, -0.25) is 0 Å². The van der Waals surface area contributed by atoms with Gasteiger partial charge < -0.3 is 0 Å². The molecule has 0 radical (unpaired) electrons. The number of halogens is 2. The van der Waals surface area contributed by atoms with Gasteiger partial charge in [0.2, 0.25) is 0 Å². The predicted molar refractivity (Wildman–Crippen MR) is 48.0 cm³/mol. The van der Waals surface area contributed by atoms with Gasteiger partial charge in [-0.2, -0.15) is 0 Å². The van der Waals surface area contributed by atoms with Gasteiger partial charge in [-0.25, -0.2) is 9.37 Å². The molecule has 0 amide bonds. The van der Waals surface area contributed by atoms with Crippen molar-refractivity contribution in [3.05, 3.63) is 28.2 Å². The van der Waals surface area contributed by atoms with E-state index in [1.165, 1.54) is 0 Å². The highest BCUT2D eigenvalue weighted by molar-refractivity contribution is 9.10. The minimum atomic E-state index is -0.280. The Morgan fingerprint density at radius 2 is 2.00 bits per heavy atom. The lowest BCUT2D eigenvalue weighted by molar-refractivity contribution is 0.603. The molecule has 1 aromatic rings. The summed E-state index contributed by atoms with van der Waals surface area (Å²) in [6.07, 6.45) is 1.56. The van der Waals surface area contributed by atoms with Gasteiger partial charge in [-0.05, 0) is 34.5 Å². The van der Waals surface area contributed by atoms with Gasteiger partial charge in [0.1, 0.15) is 4.60 Å². The van der Waals surface area contributed by atoms with Crippen molar-refractivity contribution in [2.24, 2.45) is 0 Å². The van der Waals surface area contributed by atoms with Crippen molar-refractivity contribution in [3.63, 3.8) is 0 Å². The van der Waals surface area contributed by atoms with Crippen LogP contribution in [0, 0.1) is 12.7 Å². The number of nitrogens with zero attached hydrogens (tertiary/aromatic N) is 1. The largest absolute Gasteiger partial charge is 0.246 e. The summed E-state index contributed by atoms with van der Waals surface area (Å²) in [5, 5.41) is 0. The van der Waals surface area contributed by atoms with Gasteiger partial charge in [0.15, 0.2) is 5.82 Å². The van der Waals surface area contributed by atoms with E-state index in [2.05, 4.69) is 20.9 Å². The van der Waals surface area contributed by atoms with Crippen LogP contribution in [0.4, 0.5) is 4.39 Å². The number of pyridine rings is 1. The quantitative estimate of drug-likeness (QED) is 0.611. The second kappa shape index (κ2) is 5.24. The van der Waals surface area contributed by atoms with E-state index in [-0.39, 0.29) is 10.4 Å². The van der Waals surface area contributed by atoms with Gasteiger partial charge in [0, 0.05) is 6.20 Å². The molecule has 11 heavy (non-hydrogen) atoms. The number of rotatable bonds is 0. The Bertz CT molecular complexity index is 205. The van der Waals surface area contributed by atoms with Gasteiger partial charge in [0.25, 0.3) is 0 Å². The molecular weight excluding hydrogens is 209 g/mol. The van der Waals surface area contributed by atoms with E-state index in [0.717, 1.165) is 0 Å². The summed E-state index contributed by atoms with van der Waals surface area (Å²) in [4.78, 5) is 3.68. The molecule has 0 bridgehead atoms. The third-order valence-corrected chi connectivity index (χ3v) is 1.59. The van der Waals surface area contributed by atoms with E-state index in [4.69, 9.17) is 0 Å². The summed E-state index contributed by atoms with van der Waals surface area (Å²) in [7, 11) is 0. The maximum Gasteiger partial charge on any atom is 0.158 e. The third-order valence-electron chi connectivity index (χ3n) is 1.04. The van der Waals surface area contributed by atoms with Crippen molar-refractivity contribution in [1.29, 1.82) is 0 Å². The lowest BCUT2D eigenvalue weighted by atomic mass is 10.3. The van der Waals surface area contributed by atoms with E-state index in [1.54, 1.807) is 19.2 Å². The highest BCUT2D eigenvalue weighted by Gasteiger charge is 2.00. The molecule has 0 atom stereocenters. The number of hydrogen-bond acceptors (Lipinski definition) is 1. The van der Waals surface area contributed by atoms with E-state index in [0.29, 0.717) is 5.56 Å². The summed E-state index contributed by atoms with van der Waals surface area (Å²) in [5.41, 5.74) is 0.608. The van der Waals surface area contributed by atoms with Crippen LogP contribution in [0.15, 0.2) is 16.9 Å². The second-order valence-electron chi connectivity index (χ2n) is 1.73. The molecule has 0 aromatic carbocycles. The normalized spacial score (nSPS) is 8.45. The molecule has 0 aliphatic rings. The lowest BCUT2D eigenvalue weighted by Gasteiger charge is -1.94. The third kappa shape index (κ3) is 2.97. The molecule has 0 aliphatic heterocycles. The molecule has 0 aliphatic carbocycles. The van der Waals surface area contributed by atoms with Crippen LogP contribution in [-0.2, 0) is 0 Å². The Morgan fingerprint density at radius 3 is 2.36 bits per heavy atom. The van der Waals surface area contributed by atoms with Crippen molar-refractivity contribution in [1.82, 2.24) is 4.98 Å². The van der Waals surface area contributed by atoms with Gasteiger partial charge in [-0.15, -0.1) is 0 Å². The van der Waals surface area contributed by atoms with Crippen molar-refractivity contribution < 1.29 is 4.39 Å². The minimum Gasteiger partial charge on any atom is -0.246 e. The molecule has 0 fully saturated rings. The molecule has 1 heterocycles. The molecule has 0 N–H and O–H groups in total. The number of aryl methyl sites for hydroxylation is 1. The first-order valence-electron chi connectivity index (χ1n) is 3.48.